The lowest BCUT2D eigenvalue weighted by Gasteiger charge is -2.26. The van der Waals surface area contributed by atoms with E-state index in [9.17, 15) is 24.3 Å². The molecule has 0 radical (unpaired) electrons. The maximum Gasteiger partial charge on any atom is 0.328 e. The maximum absolute atomic E-state index is 12.9. The molecule has 0 saturated heterocycles. The molecule has 0 aromatic heterocycles. The van der Waals surface area contributed by atoms with Crippen LogP contribution in [0, 0.1) is 0 Å². The Morgan fingerprint density at radius 1 is 0.878 bits per heavy atom. The molecule has 0 saturated carbocycles. The van der Waals surface area contributed by atoms with Crippen LogP contribution >= 0.6 is 34.8 Å². The number of aliphatic carboxylic acids is 1. The first-order chi connectivity index (χ1) is 19.6. The molecule has 214 valence electrons. The summed E-state index contributed by atoms with van der Waals surface area (Å²) < 4.78 is 0. The average Bonchev–Trinajstić information content (AvgIpc) is 2.93. The second-order valence-corrected chi connectivity index (χ2v) is 10.8. The predicted octanol–water partition coefficient (Wildman–Crippen LogP) is 4.62. The van der Waals surface area contributed by atoms with E-state index in [0.717, 1.165) is 24.0 Å². The highest BCUT2D eigenvalue weighted by Gasteiger charge is 2.26. The summed E-state index contributed by atoms with van der Waals surface area (Å²) in [5.41, 5.74) is 3.11. The number of hydrogen-bond donors (Lipinski definition) is 5. The van der Waals surface area contributed by atoms with E-state index < -0.39 is 29.9 Å². The Morgan fingerprint density at radius 2 is 1.59 bits per heavy atom. The number of benzene rings is 3. The molecule has 0 unspecified atom stereocenters. The molecular formula is C29H27Cl3N4O5. The molecule has 41 heavy (non-hydrogen) atoms. The van der Waals surface area contributed by atoms with Crippen LogP contribution < -0.4 is 21.3 Å². The van der Waals surface area contributed by atoms with Crippen LogP contribution in [0.4, 0.5) is 4.79 Å². The van der Waals surface area contributed by atoms with Crippen molar-refractivity contribution in [2.24, 2.45) is 0 Å². The Hall–Kier alpha value is -3.79. The normalized spacial score (nSPS) is 14.8. The van der Waals surface area contributed by atoms with E-state index in [1.165, 1.54) is 17.7 Å². The molecule has 1 aliphatic rings. The van der Waals surface area contributed by atoms with Crippen molar-refractivity contribution >= 4 is 58.6 Å². The molecule has 1 aliphatic carbocycles. The molecule has 9 nitrogen and oxygen atoms in total. The molecule has 3 aromatic carbocycles. The molecule has 0 spiro atoms. The quantitative estimate of drug-likeness (QED) is 0.239. The molecule has 12 heteroatoms. The van der Waals surface area contributed by atoms with Crippen LogP contribution in [0.15, 0.2) is 60.7 Å². The second-order valence-electron chi connectivity index (χ2n) is 9.55. The average molecular weight is 618 g/mol. The minimum atomic E-state index is -1.46. The highest BCUT2D eigenvalue weighted by molar-refractivity contribution is 6.40. The molecule has 0 bridgehead atoms. The second kappa shape index (κ2) is 13.7. The number of aryl methyl sites for hydroxylation is 1. The number of nitrogens with one attached hydrogen (secondary N) is 4. The zero-order valence-corrected chi connectivity index (χ0v) is 23.9. The minimum absolute atomic E-state index is 0.0957. The van der Waals surface area contributed by atoms with Crippen LogP contribution in [0.1, 0.15) is 43.8 Å². The van der Waals surface area contributed by atoms with Gasteiger partial charge < -0.3 is 26.4 Å². The summed E-state index contributed by atoms with van der Waals surface area (Å²) in [6.07, 6.45) is 2.27. The van der Waals surface area contributed by atoms with E-state index in [-0.39, 0.29) is 40.3 Å². The van der Waals surface area contributed by atoms with E-state index >= 15 is 0 Å². The zero-order valence-electron chi connectivity index (χ0n) is 21.7. The van der Waals surface area contributed by atoms with Crippen LogP contribution in [0.3, 0.4) is 0 Å². The summed E-state index contributed by atoms with van der Waals surface area (Å²) in [7, 11) is 0. The first-order valence-corrected chi connectivity index (χ1v) is 13.9. The van der Waals surface area contributed by atoms with Gasteiger partial charge in [-0.05, 0) is 60.2 Å². The number of carboxylic acid groups (broad SMARTS) is 1. The summed E-state index contributed by atoms with van der Waals surface area (Å²) in [6, 6.07) is 15.4. The largest absolute Gasteiger partial charge is 0.480 e. The number of hydrogen-bond acceptors (Lipinski definition) is 4. The minimum Gasteiger partial charge on any atom is -0.480 e. The van der Waals surface area contributed by atoms with E-state index in [2.05, 4.69) is 27.3 Å². The first-order valence-electron chi connectivity index (χ1n) is 12.8. The van der Waals surface area contributed by atoms with Gasteiger partial charge in [0.1, 0.15) is 6.04 Å². The Bertz CT molecular complexity index is 1460. The third-order valence-corrected chi connectivity index (χ3v) is 7.46. The number of carbonyl (C=O) groups is 4. The summed E-state index contributed by atoms with van der Waals surface area (Å²) >= 11 is 18.5. The number of amides is 4. The molecule has 2 atom stereocenters. The van der Waals surface area contributed by atoms with Crippen LogP contribution in [0.2, 0.25) is 15.1 Å². The van der Waals surface area contributed by atoms with Gasteiger partial charge in [0.25, 0.3) is 11.8 Å². The van der Waals surface area contributed by atoms with Crippen molar-refractivity contribution in [3.05, 3.63) is 104 Å². The first kappa shape index (κ1) is 30.2. The van der Waals surface area contributed by atoms with E-state index in [0.29, 0.717) is 11.4 Å². The van der Waals surface area contributed by atoms with Crippen LogP contribution in [0.5, 0.6) is 0 Å². The highest BCUT2D eigenvalue weighted by Crippen LogP contribution is 2.27. The molecule has 0 fully saturated rings. The topological polar surface area (TPSA) is 137 Å². The van der Waals surface area contributed by atoms with E-state index in [4.69, 9.17) is 34.8 Å². The monoisotopic (exact) mass is 616 g/mol. The van der Waals surface area contributed by atoms with Gasteiger partial charge in [0.2, 0.25) is 0 Å². The van der Waals surface area contributed by atoms with E-state index in [1.54, 1.807) is 24.3 Å². The SMILES string of the molecule is O=C(NC[C@H](NC(=O)c1c(Cl)cc(C(=O)NCc2cccc(Cl)c2)cc1Cl)C(=O)O)N[C@@H]1CCc2ccccc2C1. The Kier molecular flexibility index (Phi) is 10.1. The molecule has 3 aromatic rings. The zero-order chi connectivity index (χ0) is 29.5. The van der Waals surface area contributed by atoms with Crippen molar-refractivity contribution in [2.45, 2.75) is 37.9 Å². The standard InChI is InChI=1S/C29H27Cl3N4O5/c30-20-7-3-4-16(10-20)14-33-26(37)19-12-22(31)25(23(32)13-19)27(38)36-24(28(39)40)15-34-29(41)35-21-9-8-17-5-1-2-6-18(17)11-21/h1-7,10,12-13,21,24H,8-9,11,14-15H2,(H,33,37)(H,36,38)(H,39,40)(H2,34,35,41)/t21-,24+/m1/s1. The summed E-state index contributed by atoms with van der Waals surface area (Å²) in [5.74, 6) is -2.72. The maximum atomic E-state index is 12.9. The van der Waals surface area contributed by atoms with Crippen molar-refractivity contribution in [1.82, 2.24) is 21.3 Å². The molecule has 5 N–H and O–H groups in total. The van der Waals surface area contributed by atoms with Gasteiger partial charge in [-0.1, -0.05) is 71.2 Å². The third kappa shape index (κ3) is 8.13. The van der Waals surface area contributed by atoms with E-state index in [1.807, 2.05) is 18.2 Å². The number of carboxylic acids is 1. The number of rotatable bonds is 9. The summed E-state index contributed by atoms with van der Waals surface area (Å²) in [6.45, 7) is -0.179. The molecule has 4 rings (SSSR count). The fourth-order valence-corrected chi connectivity index (χ4v) is 5.41. The lowest BCUT2D eigenvalue weighted by atomic mass is 9.88. The third-order valence-electron chi connectivity index (χ3n) is 6.63. The van der Waals surface area contributed by atoms with Crippen molar-refractivity contribution in [1.29, 1.82) is 0 Å². The van der Waals surface area contributed by atoms with Gasteiger partial charge in [-0.25, -0.2) is 9.59 Å². The smallest absolute Gasteiger partial charge is 0.328 e. The van der Waals surface area contributed by atoms with Gasteiger partial charge in [0, 0.05) is 23.2 Å². The van der Waals surface area contributed by atoms with Crippen molar-refractivity contribution in [3.63, 3.8) is 0 Å². The number of fused-ring (bicyclic) bond motifs is 1. The number of halogens is 3. The number of carbonyl (C=O) groups excluding carboxylic acids is 3. The van der Waals surface area contributed by atoms with Gasteiger partial charge in [-0.3, -0.25) is 9.59 Å². The highest BCUT2D eigenvalue weighted by atomic mass is 35.5. The molecule has 0 heterocycles. The van der Waals surface area contributed by atoms with Crippen molar-refractivity contribution in [2.75, 3.05) is 6.54 Å². The van der Waals surface area contributed by atoms with Gasteiger partial charge >= 0.3 is 12.0 Å². The Morgan fingerprint density at radius 3 is 2.27 bits per heavy atom. The predicted molar refractivity (Wildman–Crippen MR) is 157 cm³/mol. The summed E-state index contributed by atoms with van der Waals surface area (Å²) in [5, 5.41) is 20.3. The van der Waals surface area contributed by atoms with Crippen molar-refractivity contribution in [3.8, 4) is 0 Å². The molecule has 4 amide bonds. The van der Waals surface area contributed by atoms with Crippen LogP contribution in [-0.4, -0.2) is 47.5 Å². The summed E-state index contributed by atoms with van der Waals surface area (Å²) in [4.78, 5) is 49.8. The van der Waals surface area contributed by atoms with Gasteiger partial charge in [0.15, 0.2) is 0 Å². The van der Waals surface area contributed by atoms with Crippen molar-refractivity contribution < 1.29 is 24.3 Å². The van der Waals surface area contributed by atoms with Gasteiger partial charge in [0.05, 0.1) is 22.2 Å². The number of urea groups is 1. The lowest BCUT2D eigenvalue weighted by molar-refractivity contribution is -0.139. The fraction of sp³-hybridized carbons (Fsp3) is 0.241. The Balaban J connectivity index is 1.32. The molecular weight excluding hydrogens is 591 g/mol. The van der Waals surface area contributed by atoms with Crippen LogP contribution in [-0.2, 0) is 24.2 Å². The van der Waals surface area contributed by atoms with Crippen LogP contribution in [0.25, 0.3) is 0 Å². The lowest BCUT2D eigenvalue weighted by Crippen LogP contribution is -2.52. The fourth-order valence-electron chi connectivity index (χ4n) is 4.54. The molecule has 0 aliphatic heterocycles. The Labute approximate surface area is 251 Å². The van der Waals surface area contributed by atoms with Gasteiger partial charge in [-0.2, -0.15) is 0 Å². The van der Waals surface area contributed by atoms with Gasteiger partial charge in [-0.15, -0.1) is 0 Å².